The minimum atomic E-state index is 0.519. The molecule has 3 heteroatoms. The number of nitrogens with one attached hydrogen (secondary N) is 1. The molecule has 0 aromatic rings. The Labute approximate surface area is 126 Å². The highest BCUT2D eigenvalue weighted by Gasteiger charge is 2.40. The molecule has 0 aromatic carbocycles. The molecule has 1 heterocycles. The maximum atomic E-state index is 3.82. The number of hydrogen-bond acceptors (Lipinski definition) is 3. The second-order valence-electron chi connectivity index (χ2n) is 7.94. The van der Waals surface area contributed by atoms with Crippen molar-refractivity contribution in [2.24, 2.45) is 5.41 Å². The van der Waals surface area contributed by atoms with E-state index < -0.39 is 0 Å². The molecule has 0 spiro atoms. The summed E-state index contributed by atoms with van der Waals surface area (Å²) in [6, 6.07) is 2.21. The van der Waals surface area contributed by atoms with Gasteiger partial charge in [-0.2, -0.15) is 0 Å². The molecule has 1 N–H and O–H groups in total. The van der Waals surface area contributed by atoms with E-state index >= 15 is 0 Å². The average Bonchev–Trinajstić information content (AvgIpc) is 2.86. The van der Waals surface area contributed by atoms with Gasteiger partial charge in [0.2, 0.25) is 0 Å². The summed E-state index contributed by atoms with van der Waals surface area (Å²) < 4.78 is 0. The van der Waals surface area contributed by atoms with Crippen LogP contribution in [0.4, 0.5) is 0 Å². The summed E-state index contributed by atoms with van der Waals surface area (Å²) in [4.78, 5) is 5.18. The zero-order valence-electron chi connectivity index (χ0n) is 14.3. The van der Waals surface area contributed by atoms with E-state index in [-0.39, 0.29) is 0 Å². The summed E-state index contributed by atoms with van der Waals surface area (Å²) in [5.41, 5.74) is 0.519. The lowest BCUT2D eigenvalue weighted by atomic mass is 9.72. The maximum Gasteiger partial charge on any atom is 0.0255 e. The fourth-order valence-electron chi connectivity index (χ4n) is 3.99. The summed E-state index contributed by atoms with van der Waals surface area (Å²) in [7, 11) is 4.46. The fourth-order valence-corrected chi connectivity index (χ4v) is 3.99. The normalized spacial score (nSPS) is 34.8. The Morgan fingerprint density at radius 2 is 2.00 bits per heavy atom. The van der Waals surface area contributed by atoms with Crippen molar-refractivity contribution < 1.29 is 0 Å². The Kier molecular flexibility index (Phi) is 5.49. The van der Waals surface area contributed by atoms with E-state index in [0.717, 1.165) is 12.1 Å². The monoisotopic (exact) mass is 281 g/mol. The molecule has 0 amide bonds. The topological polar surface area (TPSA) is 18.5 Å². The van der Waals surface area contributed by atoms with Crippen molar-refractivity contribution in [2.45, 2.75) is 71.0 Å². The van der Waals surface area contributed by atoms with Crippen molar-refractivity contribution in [3.63, 3.8) is 0 Å². The van der Waals surface area contributed by atoms with E-state index in [1.807, 2.05) is 0 Å². The maximum absolute atomic E-state index is 3.82. The lowest BCUT2D eigenvalue weighted by Gasteiger charge is -2.45. The summed E-state index contributed by atoms with van der Waals surface area (Å²) >= 11 is 0. The van der Waals surface area contributed by atoms with E-state index in [9.17, 15) is 0 Å². The van der Waals surface area contributed by atoms with Gasteiger partial charge in [-0.3, -0.25) is 4.90 Å². The van der Waals surface area contributed by atoms with Gasteiger partial charge in [-0.1, -0.05) is 20.8 Å². The molecule has 3 atom stereocenters. The van der Waals surface area contributed by atoms with Crippen molar-refractivity contribution in [1.82, 2.24) is 15.1 Å². The first-order valence-electron chi connectivity index (χ1n) is 8.57. The summed E-state index contributed by atoms with van der Waals surface area (Å²) in [6.07, 6.45) is 6.66. The molecule has 3 unspecified atom stereocenters. The Morgan fingerprint density at radius 3 is 2.60 bits per heavy atom. The van der Waals surface area contributed by atoms with Crippen LogP contribution >= 0.6 is 0 Å². The van der Waals surface area contributed by atoms with Gasteiger partial charge in [-0.25, -0.2) is 0 Å². The summed E-state index contributed by atoms with van der Waals surface area (Å²) in [6.45, 7) is 10.9. The highest BCUT2D eigenvalue weighted by molar-refractivity contribution is 4.97. The van der Waals surface area contributed by atoms with E-state index in [1.54, 1.807) is 0 Å². The second kappa shape index (κ2) is 6.76. The average molecular weight is 281 g/mol. The number of hydrogen-bond donors (Lipinski definition) is 1. The predicted molar refractivity (Wildman–Crippen MR) is 87.2 cm³/mol. The van der Waals surface area contributed by atoms with Crippen LogP contribution in [0.5, 0.6) is 0 Å². The van der Waals surface area contributed by atoms with Gasteiger partial charge in [0.25, 0.3) is 0 Å². The minimum Gasteiger partial charge on any atom is -0.312 e. The van der Waals surface area contributed by atoms with Crippen LogP contribution in [-0.4, -0.2) is 61.7 Å². The third-order valence-corrected chi connectivity index (χ3v) is 5.41. The van der Waals surface area contributed by atoms with Crippen LogP contribution in [0, 0.1) is 5.41 Å². The molecule has 118 valence electrons. The van der Waals surface area contributed by atoms with Crippen molar-refractivity contribution in [2.75, 3.05) is 33.7 Å². The molecule has 1 saturated carbocycles. The Bertz CT molecular complexity index is 301. The van der Waals surface area contributed by atoms with Gasteiger partial charge in [-0.15, -0.1) is 0 Å². The van der Waals surface area contributed by atoms with Crippen LogP contribution in [0.15, 0.2) is 0 Å². The first-order valence-corrected chi connectivity index (χ1v) is 8.57. The second-order valence-corrected chi connectivity index (χ2v) is 7.94. The molecule has 2 fully saturated rings. The molecule has 3 nitrogen and oxygen atoms in total. The van der Waals surface area contributed by atoms with Gasteiger partial charge < -0.3 is 10.2 Å². The zero-order valence-corrected chi connectivity index (χ0v) is 14.3. The molecular formula is C17H35N3. The van der Waals surface area contributed by atoms with Gasteiger partial charge in [0.1, 0.15) is 0 Å². The highest BCUT2D eigenvalue weighted by atomic mass is 15.3. The van der Waals surface area contributed by atoms with Crippen molar-refractivity contribution in [3.8, 4) is 0 Å². The molecule has 1 aliphatic heterocycles. The largest absolute Gasteiger partial charge is 0.312 e. The van der Waals surface area contributed by atoms with E-state index in [2.05, 4.69) is 50.0 Å². The predicted octanol–water partition coefficient (Wildman–Crippen LogP) is 2.57. The van der Waals surface area contributed by atoms with Gasteiger partial charge in [0.05, 0.1) is 0 Å². The lowest BCUT2D eigenvalue weighted by molar-refractivity contribution is 0.0764. The fraction of sp³-hybridized carbons (Fsp3) is 1.00. The van der Waals surface area contributed by atoms with E-state index in [0.29, 0.717) is 11.5 Å². The first kappa shape index (κ1) is 16.3. The smallest absolute Gasteiger partial charge is 0.0255 e. The first-order chi connectivity index (χ1) is 9.43. The van der Waals surface area contributed by atoms with Crippen LogP contribution in [0.1, 0.15) is 52.9 Å². The number of likely N-dealkylation sites (tertiary alicyclic amines) is 1. The summed E-state index contributed by atoms with van der Waals surface area (Å²) in [5.74, 6) is 0. The third-order valence-electron chi connectivity index (χ3n) is 5.41. The van der Waals surface area contributed by atoms with Gasteiger partial charge in [0.15, 0.2) is 0 Å². The van der Waals surface area contributed by atoms with Gasteiger partial charge in [0, 0.05) is 31.2 Å². The molecule has 0 aromatic heterocycles. The zero-order chi connectivity index (χ0) is 14.8. The Balaban J connectivity index is 2.00. The Hall–Kier alpha value is -0.120. The van der Waals surface area contributed by atoms with E-state index in [4.69, 9.17) is 0 Å². The van der Waals surface area contributed by atoms with Crippen LogP contribution in [-0.2, 0) is 0 Å². The van der Waals surface area contributed by atoms with Crippen LogP contribution < -0.4 is 5.32 Å². The molecule has 0 bridgehead atoms. The molecule has 2 rings (SSSR count). The third kappa shape index (κ3) is 3.96. The highest BCUT2D eigenvalue weighted by Crippen LogP contribution is 2.38. The van der Waals surface area contributed by atoms with Crippen molar-refractivity contribution in [1.29, 1.82) is 0 Å². The molecule has 1 aliphatic carbocycles. The minimum absolute atomic E-state index is 0.519. The van der Waals surface area contributed by atoms with Crippen molar-refractivity contribution in [3.05, 3.63) is 0 Å². The SMILES string of the molecule is CCCNC1CCC(C)(C)CC1N1CCC(N(C)C)C1. The molecule has 0 radical (unpaired) electrons. The molecular weight excluding hydrogens is 246 g/mol. The molecule has 20 heavy (non-hydrogen) atoms. The standard InChI is InChI=1S/C17H35N3/c1-6-10-18-15-7-9-17(2,3)12-16(15)20-11-8-14(13-20)19(4)5/h14-16,18H,6-13H2,1-5H3. The molecule has 1 saturated heterocycles. The number of likely N-dealkylation sites (N-methyl/N-ethyl adjacent to an activating group) is 1. The van der Waals surface area contributed by atoms with Crippen LogP contribution in [0.2, 0.25) is 0 Å². The number of rotatable bonds is 5. The summed E-state index contributed by atoms with van der Waals surface area (Å²) in [5, 5.41) is 3.82. The Morgan fingerprint density at radius 1 is 1.25 bits per heavy atom. The van der Waals surface area contributed by atoms with Crippen molar-refractivity contribution >= 4 is 0 Å². The van der Waals surface area contributed by atoms with Gasteiger partial charge in [-0.05, 0) is 58.2 Å². The lowest BCUT2D eigenvalue weighted by Crippen LogP contribution is -2.54. The van der Waals surface area contributed by atoms with Gasteiger partial charge >= 0.3 is 0 Å². The number of nitrogens with zero attached hydrogens (tertiary/aromatic N) is 2. The van der Waals surface area contributed by atoms with E-state index in [1.165, 1.54) is 51.7 Å². The van der Waals surface area contributed by atoms with Crippen LogP contribution in [0.3, 0.4) is 0 Å². The molecule has 2 aliphatic rings. The van der Waals surface area contributed by atoms with Crippen LogP contribution in [0.25, 0.3) is 0 Å². The quantitative estimate of drug-likeness (QED) is 0.835.